The van der Waals surface area contributed by atoms with Gasteiger partial charge in [-0.05, 0) is 24.8 Å². The van der Waals surface area contributed by atoms with Crippen molar-refractivity contribution < 1.29 is 4.74 Å². The summed E-state index contributed by atoms with van der Waals surface area (Å²) in [6.45, 7) is 15.9. The second kappa shape index (κ2) is 9.90. The van der Waals surface area contributed by atoms with Gasteiger partial charge in [0.1, 0.15) is 5.82 Å². The Labute approximate surface area is 118 Å². The maximum absolute atomic E-state index is 5.48. The van der Waals surface area contributed by atoms with E-state index in [4.69, 9.17) is 4.74 Å². The molecular weight excluding hydrogens is 236 g/mol. The molecular formula is C16H30N2O. The fourth-order valence-electron chi connectivity index (χ4n) is 2.08. The Bertz CT molecular complexity index is 362. The van der Waals surface area contributed by atoms with Crippen molar-refractivity contribution in [3.8, 4) is 0 Å². The molecule has 1 aromatic rings. The Balaban J connectivity index is 0.000000741. The first-order valence-electron chi connectivity index (χ1n) is 7.62. The zero-order valence-electron chi connectivity index (χ0n) is 13.7. The molecule has 3 nitrogen and oxygen atoms in total. The van der Waals surface area contributed by atoms with Gasteiger partial charge in [-0.2, -0.15) is 0 Å². The number of hydrogen-bond donors (Lipinski definition) is 0. The highest BCUT2D eigenvalue weighted by Gasteiger charge is 2.17. The predicted molar refractivity (Wildman–Crippen MR) is 81.8 cm³/mol. The van der Waals surface area contributed by atoms with E-state index in [1.165, 1.54) is 17.0 Å². The van der Waals surface area contributed by atoms with E-state index in [9.17, 15) is 0 Å². The molecule has 0 saturated heterocycles. The first-order chi connectivity index (χ1) is 9.18. The second-order valence-corrected chi connectivity index (χ2v) is 4.35. The van der Waals surface area contributed by atoms with Gasteiger partial charge < -0.3 is 4.74 Å². The lowest BCUT2D eigenvalue weighted by molar-refractivity contribution is 0.146. The highest BCUT2D eigenvalue weighted by Crippen LogP contribution is 2.22. The summed E-state index contributed by atoms with van der Waals surface area (Å²) in [6.07, 6.45) is 1.89. The quantitative estimate of drug-likeness (QED) is 0.768. The average molecular weight is 266 g/mol. The van der Waals surface area contributed by atoms with E-state index < -0.39 is 0 Å². The van der Waals surface area contributed by atoms with Crippen LogP contribution in [0.5, 0.6) is 0 Å². The normalized spacial score (nSPS) is 13.5. The van der Waals surface area contributed by atoms with Gasteiger partial charge in [0.2, 0.25) is 0 Å². The van der Waals surface area contributed by atoms with Crippen molar-refractivity contribution in [3.05, 3.63) is 22.8 Å². The Morgan fingerprint density at radius 3 is 2.11 bits per heavy atom. The summed E-state index contributed by atoms with van der Waals surface area (Å²) >= 11 is 0. The molecule has 0 aromatic carbocycles. The van der Waals surface area contributed by atoms with E-state index in [1.807, 2.05) is 34.6 Å². The number of ether oxygens (including phenoxy) is 1. The zero-order chi connectivity index (χ0) is 14.8. The Hall–Kier alpha value is -0.960. The number of aromatic nitrogens is 2. The van der Waals surface area contributed by atoms with Crippen LogP contribution in [-0.2, 0) is 17.6 Å². The maximum Gasteiger partial charge on any atom is 0.125 e. The maximum atomic E-state index is 5.48. The number of aryl methyl sites for hydroxylation is 1. The minimum atomic E-state index is 0.471. The third kappa shape index (κ3) is 5.27. The van der Waals surface area contributed by atoms with Gasteiger partial charge in [-0.25, -0.2) is 9.97 Å². The predicted octanol–water partition coefficient (Wildman–Crippen LogP) is 4.08. The molecule has 0 fully saturated rings. The molecule has 0 radical (unpaired) electrons. The smallest absolute Gasteiger partial charge is 0.125 e. The first kappa shape index (κ1) is 18.0. The van der Waals surface area contributed by atoms with Crippen molar-refractivity contribution in [2.24, 2.45) is 0 Å². The SMILES string of the molecule is CC.CC.Cc1nc2c(c(C(C)C)n1)CCOCC2. The van der Waals surface area contributed by atoms with Crippen molar-refractivity contribution in [2.45, 2.75) is 67.2 Å². The lowest BCUT2D eigenvalue weighted by atomic mass is 9.99. The minimum Gasteiger partial charge on any atom is -0.381 e. The first-order valence-corrected chi connectivity index (χ1v) is 7.62. The van der Waals surface area contributed by atoms with Crippen LogP contribution in [0.25, 0.3) is 0 Å². The molecule has 0 bridgehead atoms. The molecule has 0 amide bonds. The minimum absolute atomic E-state index is 0.471. The molecule has 0 saturated carbocycles. The Morgan fingerprint density at radius 2 is 1.53 bits per heavy atom. The largest absolute Gasteiger partial charge is 0.381 e. The van der Waals surface area contributed by atoms with Crippen molar-refractivity contribution in [2.75, 3.05) is 13.2 Å². The summed E-state index contributed by atoms with van der Waals surface area (Å²) in [5, 5.41) is 0. The van der Waals surface area contributed by atoms with Gasteiger partial charge in [0.05, 0.1) is 18.9 Å². The summed E-state index contributed by atoms with van der Waals surface area (Å²) in [6, 6.07) is 0. The summed E-state index contributed by atoms with van der Waals surface area (Å²) in [5.41, 5.74) is 3.74. The van der Waals surface area contributed by atoms with E-state index in [1.54, 1.807) is 0 Å². The molecule has 0 aliphatic carbocycles. The monoisotopic (exact) mass is 266 g/mol. The summed E-state index contributed by atoms with van der Waals surface area (Å²) < 4.78 is 5.48. The molecule has 110 valence electrons. The molecule has 1 aliphatic rings. The van der Waals surface area contributed by atoms with Crippen molar-refractivity contribution >= 4 is 0 Å². The fourth-order valence-corrected chi connectivity index (χ4v) is 2.08. The summed E-state index contributed by atoms with van der Waals surface area (Å²) in [4.78, 5) is 9.09. The lowest BCUT2D eigenvalue weighted by Gasteiger charge is -2.13. The van der Waals surface area contributed by atoms with Crippen LogP contribution in [0.2, 0.25) is 0 Å². The van der Waals surface area contributed by atoms with Crippen LogP contribution in [0.4, 0.5) is 0 Å². The average Bonchev–Trinajstić information content (AvgIpc) is 2.67. The molecule has 0 spiro atoms. The lowest BCUT2D eigenvalue weighted by Crippen LogP contribution is -2.09. The van der Waals surface area contributed by atoms with Gasteiger partial charge in [0.15, 0.2) is 0 Å². The van der Waals surface area contributed by atoms with Crippen LogP contribution in [0, 0.1) is 6.92 Å². The molecule has 2 rings (SSSR count). The van der Waals surface area contributed by atoms with Crippen molar-refractivity contribution in [3.63, 3.8) is 0 Å². The number of rotatable bonds is 1. The number of nitrogens with zero attached hydrogens (tertiary/aromatic N) is 2. The second-order valence-electron chi connectivity index (χ2n) is 4.35. The highest BCUT2D eigenvalue weighted by atomic mass is 16.5. The topological polar surface area (TPSA) is 35.0 Å². The van der Waals surface area contributed by atoms with Crippen LogP contribution in [0.3, 0.4) is 0 Å². The molecule has 19 heavy (non-hydrogen) atoms. The molecule has 1 aliphatic heterocycles. The third-order valence-corrected chi connectivity index (χ3v) is 2.76. The fraction of sp³-hybridized carbons (Fsp3) is 0.750. The molecule has 3 heteroatoms. The van der Waals surface area contributed by atoms with Crippen LogP contribution in [0.15, 0.2) is 0 Å². The van der Waals surface area contributed by atoms with E-state index in [0.717, 1.165) is 31.9 Å². The van der Waals surface area contributed by atoms with Gasteiger partial charge in [0.25, 0.3) is 0 Å². The van der Waals surface area contributed by atoms with Crippen molar-refractivity contribution in [1.82, 2.24) is 9.97 Å². The number of fused-ring (bicyclic) bond motifs is 1. The zero-order valence-corrected chi connectivity index (χ0v) is 13.7. The van der Waals surface area contributed by atoms with E-state index >= 15 is 0 Å². The standard InChI is InChI=1S/C12H18N2O.2C2H6/c1-8(2)12-10-4-6-15-7-5-11(10)13-9(3)14-12;2*1-2/h8H,4-7H2,1-3H3;2*1-2H3. The molecule has 0 N–H and O–H groups in total. The molecule has 0 atom stereocenters. The molecule has 2 heterocycles. The van der Waals surface area contributed by atoms with Crippen molar-refractivity contribution in [1.29, 1.82) is 0 Å². The molecule has 1 aromatic heterocycles. The van der Waals surface area contributed by atoms with Gasteiger partial charge in [-0.3, -0.25) is 0 Å². The van der Waals surface area contributed by atoms with Crippen LogP contribution >= 0.6 is 0 Å². The van der Waals surface area contributed by atoms with Gasteiger partial charge in [0, 0.05) is 12.1 Å². The van der Waals surface area contributed by atoms with Gasteiger partial charge in [-0.1, -0.05) is 41.5 Å². The Morgan fingerprint density at radius 1 is 0.947 bits per heavy atom. The van der Waals surface area contributed by atoms with Gasteiger partial charge >= 0.3 is 0 Å². The summed E-state index contributed by atoms with van der Waals surface area (Å²) in [5.74, 6) is 1.36. The third-order valence-electron chi connectivity index (χ3n) is 2.76. The van der Waals surface area contributed by atoms with E-state index in [0.29, 0.717) is 5.92 Å². The highest BCUT2D eigenvalue weighted by molar-refractivity contribution is 5.29. The summed E-state index contributed by atoms with van der Waals surface area (Å²) in [7, 11) is 0. The van der Waals surface area contributed by atoms with E-state index in [2.05, 4.69) is 23.8 Å². The molecule has 0 unspecified atom stereocenters. The van der Waals surface area contributed by atoms with E-state index in [-0.39, 0.29) is 0 Å². The van der Waals surface area contributed by atoms with Crippen LogP contribution < -0.4 is 0 Å². The number of hydrogen-bond acceptors (Lipinski definition) is 3. The van der Waals surface area contributed by atoms with Gasteiger partial charge in [-0.15, -0.1) is 0 Å². The Kier molecular flexibility index (Phi) is 9.40. The van der Waals surface area contributed by atoms with Crippen LogP contribution in [-0.4, -0.2) is 23.2 Å². The van der Waals surface area contributed by atoms with Crippen LogP contribution in [0.1, 0.15) is 70.2 Å².